The summed E-state index contributed by atoms with van der Waals surface area (Å²) in [6.07, 6.45) is 0.729. The van der Waals surface area contributed by atoms with Crippen LogP contribution in [0.3, 0.4) is 0 Å². The quantitative estimate of drug-likeness (QED) is 0.450. The van der Waals surface area contributed by atoms with Crippen LogP contribution in [-0.2, 0) is 11.2 Å². The molecule has 0 radical (unpaired) electrons. The lowest BCUT2D eigenvalue weighted by molar-refractivity contribution is -0.893. The summed E-state index contributed by atoms with van der Waals surface area (Å²) in [6.45, 7) is 2.48. The van der Waals surface area contributed by atoms with Crippen LogP contribution in [0.2, 0.25) is 0 Å². The number of carbonyl (C=O) groups excluding carboxylic acids is 1. The second-order valence-corrected chi connectivity index (χ2v) is 6.89. The van der Waals surface area contributed by atoms with Crippen molar-refractivity contribution in [3.8, 4) is 17.2 Å². The highest BCUT2D eigenvalue weighted by atomic mass is 16.6. The molecule has 30 heavy (non-hydrogen) atoms. The molecule has 0 aromatic heterocycles. The van der Waals surface area contributed by atoms with Gasteiger partial charge in [0.05, 0.1) is 45.9 Å². The summed E-state index contributed by atoms with van der Waals surface area (Å²) in [4.78, 5) is 24.4. The van der Waals surface area contributed by atoms with Crippen molar-refractivity contribution in [2.24, 2.45) is 0 Å². The van der Waals surface area contributed by atoms with Crippen molar-refractivity contribution >= 4 is 17.3 Å². The van der Waals surface area contributed by atoms with Gasteiger partial charge in [-0.05, 0) is 36.8 Å². The second-order valence-electron chi connectivity index (χ2n) is 6.89. The number of anilines is 1. The first-order chi connectivity index (χ1) is 14.3. The molecule has 0 spiro atoms. The molecule has 0 saturated carbocycles. The molecule has 0 aliphatic heterocycles. The number of methoxy groups -OCH3 is 3. The first-order valence-electron chi connectivity index (χ1n) is 9.47. The highest BCUT2D eigenvalue weighted by molar-refractivity contribution is 5.95. The third kappa shape index (κ3) is 5.60. The van der Waals surface area contributed by atoms with E-state index < -0.39 is 11.0 Å². The third-order valence-corrected chi connectivity index (χ3v) is 5.05. The predicted molar refractivity (Wildman–Crippen MR) is 113 cm³/mol. The van der Waals surface area contributed by atoms with Gasteiger partial charge in [-0.3, -0.25) is 14.9 Å². The Morgan fingerprint density at radius 2 is 1.80 bits per heavy atom. The van der Waals surface area contributed by atoms with Crippen molar-refractivity contribution in [3.05, 3.63) is 52.1 Å². The zero-order valence-electron chi connectivity index (χ0n) is 17.9. The standard InChI is InChI=1S/C21H27N3O6/c1-14(21(25)22-17-8-7-16(28-3)13-18(17)24(26)27)23(2)11-10-15-6-9-19(29-4)20(12-15)30-5/h6-9,12-14H,10-11H2,1-5H3,(H,22,25)/p+1/t14-/m1/s1. The van der Waals surface area contributed by atoms with E-state index in [0.717, 1.165) is 16.9 Å². The number of ether oxygens (including phenoxy) is 3. The average molecular weight is 418 g/mol. The number of nitro benzene ring substituents is 1. The van der Waals surface area contributed by atoms with E-state index in [9.17, 15) is 14.9 Å². The van der Waals surface area contributed by atoms with Gasteiger partial charge in [0.2, 0.25) is 0 Å². The van der Waals surface area contributed by atoms with Gasteiger partial charge in [0, 0.05) is 6.42 Å². The van der Waals surface area contributed by atoms with Gasteiger partial charge in [0.1, 0.15) is 11.4 Å². The van der Waals surface area contributed by atoms with Gasteiger partial charge in [-0.15, -0.1) is 0 Å². The van der Waals surface area contributed by atoms with Crippen LogP contribution >= 0.6 is 0 Å². The molecular formula is C21H28N3O6+. The zero-order chi connectivity index (χ0) is 22.3. The Hall–Kier alpha value is -3.33. The fourth-order valence-corrected chi connectivity index (χ4v) is 2.95. The Morgan fingerprint density at radius 3 is 2.40 bits per heavy atom. The highest BCUT2D eigenvalue weighted by Crippen LogP contribution is 2.29. The monoisotopic (exact) mass is 418 g/mol. The van der Waals surface area contributed by atoms with Crippen LogP contribution in [-0.4, -0.2) is 51.8 Å². The van der Waals surface area contributed by atoms with Crippen LogP contribution in [0.15, 0.2) is 36.4 Å². The van der Waals surface area contributed by atoms with Gasteiger partial charge in [-0.25, -0.2) is 0 Å². The number of quaternary nitrogens is 1. The Labute approximate surface area is 175 Å². The fourth-order valence-electron chi connectivity index (χ4n) is 2.95. The Balaban J connectivity index is 2.02. The Morgan fingerprint density at radius 1 is 1.10 bits per heavy atom. The molecule has 0 aliphatic carbocycles. The lowest BCUT2D eigenvalue weighted by Gasteiger charge is -2.21. The van der Waals surface area contributed by atoms with Crippen molar-refractivity contribution in [1.29, 1.82) is 0 Å². The topological polar surface area (TPSA) is 104 Å². The van der Waals surface area contributed by atoms with Gasteiger partial charge in [-0.1, -0.05) is 6.07 Å². The first kappa shape index (κ1) is 23.0. The fraction of sp³-hybridized carbons (Fsp3) is 0.381. The van der Waals surface area contributed by atoms with E-state index in [1.807, 2.05) is 25.2 Å². The molecule has 2 aromatic carbocycles. The van der Waals surface area contributed by atoms with Crippen LogP contribution in [0.5, 0.6) is 17.2 Å². The lowest BCUT2D eigenvalue weighted by atomic mass is 10.1. The van der Waals surface area contributed by atoms with Gasteiger partial charge in [0.15, 0.2) is 17.5 Å². The minimum absolute atomic E-state index is 0.144. The molecule has 9 heteroatoms. The molecule has 9 nitrogen and oxygen atoms in total. The van der Waals surface area contributed by atoms with Crippen LogP contribution in [0, 0.1) is 10.1 Å². The third-order valence-electron chi connectivity index (χ3n) is 5.05. The summed E-state index contributed by atoms with van der Waals surface area (Å²) in [5.74, 6) is 1.37. The molecule has 0 bridgehead atoms. The Bertz CT molecular complexity index is 902. The SMILES string of the molecule is COc1ccc(NC(=O)[C@@H](C)[NH+](C)CCc2ccc(OC)c(OC)c2)c([N+](=O)[O-])c1. The number of nitrogens with one attached hydrogen (secondary N) is 2. The normalized spacial score (nSPS) is 12.6. The van der Waals surface area contributed by atoms with Crippen LogP contribution in [0.25, 0.3) is 0 Å². The molecule has 1 amide bonds. The number of benzene rings is 2. The molecule has 2 aromatic rings. The zero-order valence-corrected chi connectivity index (χ0v) is 17.9. The first-order valence-corrected chi connectivity index (χ1v) is 9.47. The summed E-state index contributed by atoms with van der Waals surface area (Å²) in [5.41, 5.74) is 0.994. The number of amides is 1. The average Bonchev–Trinajstić information content (AvgIpc) is 2.76. The van der Waals surface area contributed by atoms with Crippen LogP contribution < -0.4 is 24.4 Å². The van der Waals surface area contributed by atoms with E-state index in [2.05, 4.69) is 5.32 Å². The second kappa shape index (κ2) is 10.4. The molecule has 0 saturated heterocycles. The van der Waals surface area contributed by atoms with E-state index in [4.69, 9.17) is 14.2 Å². The lowest BCUT2D eigenvalue weighted by Crippen LogP contribution is -3.14. The molecular weight excluding hydrogens is 390 g/mol. The summed E-state index contributed by atoms with van der Waals surface area (Å²) in [5, 5.41) is 14.0. The van der Waals surface area contributed by atoms with Crippen molar-refractivity contribution < 1.29 is 28.8 Å². The molecule has 2 N–H and O–H groups in total. The number of rotatable bonds is 10. The van der Waals surface area contributed by atoms with Crippen LogP contribution in [0.4, 0.5) is 11.4 Å². The minimum Gasteiger partial charge on any atom is -0.496 e. The summed E-state index contributed by atoms with van der Waals surface area (Å²) in [6, 6.07) is 9.64. The van der Waals surface area contributed by atoms with Crippen molar-refractivity contribution in [1.82, 2.24) is 0 Å². The Kier molecular flexibility index (Phi) is 7.99. The molecule has 162 valence electrons. The van der Waals surface area contributed by atoms with E-state index in [1.165, 1.54) is 19.2 Å². The number of nitro groups is 1. The number of hydrogen-bond acceptors (Lipinski definition) is 6. The number of likely N-dealkylation sites (N-methyl/N-ethyl adjacent to an activating group) is 1. The summed E-state index contributed by atoms with van der Waals surface area (Å²) in [7, 11) is 6.51. The predicted octanol–water partition coefficient (Wildman–Crippen LogP) is 1.71. The van der Waals surface area contributed by atoms with Gasteiger partial charge in [-0.2, -0.15) is 0 Å². The van der Waals surface area contributed by atoms with Crippen molar-refractivity contribution in [2.75, 3.05) is 40.2 Å². The van der Waals surface area contributed by atoms with E-state index in [0.29, 0.717) is 23.8 Å². The van der Waals surface area contributed by atoms with Crippen molar-refractivity contribution in [3.63, 3.8) is 0 Å². The number of carbonyl (C=O) groups is 1. The molecule has 1 unspecified atom stereocenters. The summed E-state index contributed by atoms with van der Waals surface area (Å²) >= 11 is 0. The minimum atomic E-state index is -0.545. The maximum Gasteiger partial charge on any atom is 0.296 e. The molecule has 0 aliphatic rings. The molecule has 2 rings (SSSR count). The van der Waals surface area contributed by atoms with E-state index in [1.54, 1.807) is 27.2 Å². The van der Waals surface area contributed by atoms with Crippen LogP contribution in [0.1, 0.15) is 12.5 Å². The number of hydrogen-bond donors (Lipinski definition) is 2. The number of nitrogens with zero attached hydrogens (tertiary/aromatic N) is 1. The van der Waals surface area contributed by atoms with Gasteiger partial charge >= 0.3 is 0 Å². The molecule has 0 heterocycles. The van der Waals surface area contributed by atoms with E-state index >= 15 is 0 Å². The van der Waals surface area contributed by atoms with Gasteiger partial charge < -0.3 is 24.4 Å². The highest BCUT2D eigenvalue weighted by Gasteiger charge is 2.25. The van der Waals surface area contributed by atoms with Crippen molar-refractivity contribution in [2.45, 2.75) is 19.4 Å². The summed E-state index contributed by atoms with van der Waals surface area (Å²) < 4.78 is 15.6. The maximum atomic E-state index is 12.7. The largest absolute Gasteiger partial charge is 0.496 e. The smallest absolute Gasteiger partial charge is 0.296 e. The maximum absolute atomic E-state index is 12.7. The molecule has 0 fully saturated rings. The molecule has 2 atom stereocenters. The van der Waals surface area contributed by atoms with E-state index in [-0.39, 0.29) is 17.3 Å². The van der Waals surface area contributed by atoms with Gasteiger partial charge in [0.25, 0.3) is 11.6 Å².